The van der Waals surface area contributed by atoms with Gasteiger partial charge in [-0.2, -0.15) is 10.5 Å². The van der Waals surface area contributed by atoms with Crippen molar-refractivity contribution in [3.63, 3.8) is 0 Å². The molecule has 0 aliphatic heterocycles. The van der Waals surface area contributed by atoms with E-state index in [-0.39, 0.29) is 5.57 Å². The summed E-state index contributed by atoms with van der Waals surface area (Å²) < 4.78 is 5.82. The van der Waals surface area contributed by atoms with Crippen molar-refractivity contribution in [1.82, 2.24) is 0 Å². The van der Waals surface area contributed by atoms with Gasteiger partial charge in [0.25, 0.3) is 5.91 Å². The molecule has 134 valence electrons. The van der Waals surface area contributed by atoms with Crippen LogP contribution < -0.4 is 10.1 Å². The van der Waals surface area contributed by atoms with Crippen LogP contribution in [0.2, 0.25) is 0 Å². The predicted octanol–water partition coefficient (Wildman–Crippen LogP) is 4.90. The number of benzene rings is 3. The van der Waals surface area contributed by atoms with E-state index in [1.807, 2.05) is 42.5 Å². The Balaban J connectivity index is 1.80. The van der Waals surface area contributed by atoms with Gasteiger partial charge in [-0.1, -0.05) is 42.5 Å². The molecule has 0 saturated heterocycles. The summed E-state index contributed by atoms with van der Waals surface area (Å²) in [5.74, 6) is 0.562. The van der Waals surface area contributed by atoms with E-state index in [0.29, 0.717) is 28.3 Å². The third-order valence-electron chi connectivity index (χ3n) is 3.82. The maximum Gasteiger partial charge on any atom is 0.266 e. The van der Waals surface area contributed by atoms with Crippen LogP contribution in [0.4, 0.5) is 5.69 Å². The van der Waals surface area contributed by atoms with Gasteiger partial charge in [-0.05, 0) is 48.0 Å². The van der Waals surface area contributed by atoms with Crippen LogP contribution in [-0.2, 0) is 4.79 Å². The van der Waals surface area contributed by atoms with Gasteiger partial charge in [0, 0.05) is 0 Å². The number of ether oxygens (including phenoxy) is 1. The number of para-hydroxylation sites is 3. The molecule has 0 bridgehead atoms. The highest BCUT2D eigenvalue weighted by Gasteiger charge is 2.13. The summed E-state index contributed by atoms with van der Waals surface area (Å²) in [7, 11) is 0. The predicted molar refractivity (Wildman–Crippen MR) is 106 cm³/mol. The maximum atomic E-state index is 12.6. The minimum atomic E-state index is -0.545. The maximum absolute atomic E-state index is 12.6. The summed E-state index contributed by atoms with van der Waals surface area (Å²) in [5.41, 5.74) is 1.56. The second kappa shape index (κ2) is 8.84. The summed E-state index contributed by atoms with van der Waals surface area (Å²) in [6.45, 7) is 0. The molecule has 0 fully saturated rings. The van der Waals surface area contributed by atoms with Crippen molar-refractivity contribution in [1.29, 1.82) is 10.5 Å². The summed E-state index contributed by atoms with van der Waals surface area (Å²) >= 11 is 0. The molecule has 0 aliphatic rings. The quantitative estimate of drug-likeness (QED) is 0.515. The van der Waals surface area contributed by atoms with Crippen molar-refractivity contribution in [2.24, 2.45) is 0 Å². The van der Waals surface area contributed by atoms with Gasteiger partial charge >= 0.3 is 0 Å². The average Bonchev–Trinajstić information content (AvgIpc) is 2.74. The van der Waals surface area contributed by atoms with Gasteiger partial charge in [-0.15, -0.1) is 0 Å². The van der Waals surface area contributed by atoms with Crippen LogP contribution in [0.15, 0.2) is 84.4 Å². The molecule has 0 unspecified atom stereocenters. The summed E-state index contributed by atoms with van der Waals surface area (Å²) in [6, 6.07) is 26.7. The standard InChI is InChI=1S/C23H15N3O2/c24-15-18-12-10-17(11-13-18)14-19(16-25)23(27)26-21-8-4-5-9-22(21)28-20-6-2-1-3-7-20/h1-14H,(H,26,27)/b19-14+. The fraction of sp³-hybridized carbons (Fsp3) is 0. The van der Waals surface area contributed by atoms with Crippen molar-refractivity contribution in [2.75, 3.05) is 5.32 Å². The van der Waals surface area contributed by atoms with Gasteiger partial charge in [-0.25, -0.2) is 0 Å². The first-order valence-corrected chi connectivity index (χ1v) is 8.45. The summed E-state index contributed by atoms with van der Waals surface area (Å²) in [4.78, 5) is 12.6. The lowest BCUT2D eigenvalue weighted by Gasteiger charge is -2.12. The Morgan fingerprint density at radius 3 is 2.25 bits per heavy atom. The van der Waals surface area contributed by atoms with Crippen LogP contribution in [0.25, 0.3) is 6.08 Å². The fourth-order valence-corrected chi connectivity index (χ4v) is 2.43. The fourth-order valence-electron chi connectivity index (χ4n) is 2.43. The van der Waals surface area contributed by atoms with Gasteiger partial charge in [0.1, 0.15) is 17.4 Å². The normalized spacial score (nSPS) is 10.4. The molecule has 3 rings (SSSR count). The molecule has 1 N–H and O–H groups in total. The molecule has 0 saturated carbocycles. The average molecular weight is 365 g/mol. The number of hydrogen-bond donors (Lipinski definition) is 1. The number of carbonyl (C=O) groups is 1. The molecule has 0 aliphatic carbocycles. The lowest BCUT2D eigenvalue weighted by Crippen LogP contribution is -2.14. The Hall–Kier alpha value is -4.35. The lowest BCUT2D eigenvalue weighted by molar-refractivity contribution is -0.112. The smallest absolute Gasteiger partial charge is 0.266 e. The zero-order valence-corrected chi connectivity index (χ0v) is 14.8. The Labute approximate surface area is 162 Å². The molecule has 5 nitrogen and oxygen atoms in total. The SMILES string of the molecule is N#C/C(=C\c1ccc(C#N)cc1)C(=O)Nc1ccccc1Oc1ccccc1. The van der Waals surface area contributed by atoms with Crippen LogP contribution >= 0.6 is 0 Å². The Morgan fingerprint density at radius 2 is 1.57 bits per heavy atom. The molecule has 1 amide bonds. The highest BCUT2D eigenvalue weighted by Crippen LogP contribution is 2.29. The highest BCUT2D eigenvalue weighted by molar-refractivity contribution is 6.10. The molecule has 28 heavy (non-hydrogen) atoms. The number of nitriles is 2. The number of nitrogens with zero attached hydrogens (tertiary/aromatic N) is 2. The minimum absolute atomic E-state index is 0.0563. The molecule has 0 atom stereocenters. The van der Waals surface area contributed by atoms with E-state index in [2.05, 4.69) is 5.32 Å². The molecular formula is C23H15N3O2. The first-order chi connectivity index (χ1) is 13.7. The molecule has 3 aromatic carbocycles. The van der Waals surface area contributed by atoms with Crippen LogP contribution in [0.3, 0.4) is 0 Å². The van der Waals surface area contributed by atoms with Gasteiger partial charge in [0.05, 0.1) is 17.3 Å². The topological polar surface area (TPSA) is 85.9 Å². The van der Waals surface area contributed by atoms with E-state index >= 15 is 0 Å². The first-order valence-electron chi connectivity index (χ1n) is 8.45. The number of amides is 1. The number of nitrogens with one attached hydrogen (secondary N) is 1. The number of carbonyl (C=O) groups excluding carboxylic acids is 1. The molecule has 0 heterocycles. The molecule has 0 radical (unpaired) electrons. The van der Waals surface area contributed by atoms with Gasteiger partial charge in [-0.3, -0.25) is 4.79 Å². The van der Waals surface area contributed by atoms with E-state index in [1.165, 1.54) is 6.08 Å². The number of rotatable bonds is 5. The van der Waals surface area contributed by atoms with Crippen LogP contribution in [0.1, 0.15) is 11.1 Å². The molecule has 0 spiro atoms. The van der Waals surface area contributed by atoms with E-state index in [4.69, 9.17) is 10.00 Å². The van der Waals surface area contributed by atoms with E-state index in [1.54, 1.807) is 48.5 Å². The second-order valence-corrected chi connectivity index (χ2v) is 5.77. The second-order valence-electron chi connectivity index (χ2n) is 5.77. The number of anilines is 1. The first kappa shape index (κ1) is 18.4. The molecule has 0 aromatic heterocycles. The van der Waals surface area contributed by atoms with Gasteiger partial charge < -0.3 is 10.1 Å². The lowest BCUT2D eigenvalue weighted by atomic mass is 10.1. The number of hydrogen-bond acceptors (Lipinski definition) is 4. The Bertz CT molecular complexity index is 1090. The molecule has 3 aromatic rings. The van der Waals surface area contributed by atoms with Crippen molar-refractivity contribution in [2.45, 2.75) is 0 Å². The van der Waals surface area contributed by atoms with Crippen molar-refractivity contribution >= 4 is 17.7 Å². The molecular weight excluding hydrogens is 350 g/mol. The summed E-state index contributed by atoms with van der Waals surface area (Å²) in [5, 5.41) is 20.9. The van der Waals surface area contributed by atoms with Crippen molar-refractivity contribution in [3.05, 3.63) is 95.6 Å². The van der Waals surface area contributed by atoms with E-state index in [0.717, 1.165) is 0 Å². The van der Waals surface area contributed by atoms with Crippen LogP contribution in [0, 0.1) is 22.7 Å². The van der Waals surface area contributed by atoms with Gasteiger partial charge in [0.15, 0.2) is 5.75 Å². The Morgan fingerprint density at radius 1 is 0.893 bits per heavy atom. The van der Waals surface area contributed by atoms with Crippen LogP contribution in [0.5, 0.6) is 11.5 Å². The Kier molecular flexibility index (Phi) is 5.82. The third-order valence-corrected chi connectivity index (χ3v) is 3.82. The largest absolute Gasteiger partial charge is 0.455 e. The third kappa shape index (κ3) is 4.63. The zero-order valence-electron chi connectivity index (χ0n) is 14.8. The van der Waals surface area contributed by atoms with Crippen molar-refractivity contribution < 1.29 is 9.53 Å². The summed E-state index contributed by atoms with van der Waals surface area (Å²) in [6.07, 6.45) is 1.47. The van der Waals surface area contributed by atoms with E-state index in [9.17, 15) is 10.1 Å². The zero-order chi connectivity index (χ0) is 19.8. The van der Waals surface area contributed by atoms with Crippen molar-refractivity contribution in [3.8, 4) is 23.6 Å². The van der Waals surface area contributed by atoms with Crippen LogP contribution in [-0.4, -0.2) is 5.91 Å². The highest BCUT2D eigenvalue weighted by atomic mass is 16.5. The minimum Gasteiger partial charge on any atom is -0.455 e. The molecule has 5 heteroatoms. The monoisotopic (exact) mass is 365 g/mol. The van der Waals surface area contributed by atoms with Gasteiger partial charge in [0.2, 0.25) is 0 Å². The van der Waals surface area contributed by atoms with E-state index < -0.39 is 5.91 Å².